The van der Waals surface area contributed by atoms with E-state index in [1.54, 1.807) is 11.0 Å². The van der Waals surface area contributed by atoms with E-state index in [1.807, 2.05) is 13.8 Å². The number of carboxylic acids is 1. The summed E-state index contributed by atoms with van der Waals surface area (Å²) < 4.78 is 0.616. The summed E-state index contributed by atoms with van der Waals surface area (Å²) in [5.74, 6) is -1.03. The molecule has 0 heterocycles. The van der Waals surface area contributed by atoms with Crippen molar-refractivity contribution in [1.29, 1.82) is 0 Å². The summed E-state index contributed by atoms with van der Waals surface area (Å²) in [6, 6.07) is 4.41. The second kappa shape index (κ2) is 7.89. The molecular weight excluding hydrogens is 324 g/mol. The molecule has 0 saturated heterocycles. The number of aromatic carboxylic acids is 1. The molecule has 0 aliphatic rings. The lowest BCUT2D eigenvalue weighted by molar-refractivity contribution is 0.0697. The van der Waals surface area contributed by atoms with Gasteiger partial charge in [0.2, 0.25) is 0 Å². The quantitative estimate of drug-likeness (QED) is 0.825. The highest BCUT2D eigenvalue weighted by molar-refractivity contribution is 9.10. The molecular formula is C14H19BrN2O3. The highest BCUT2D eigenvalue weighted by atomic mass is 79.9. The van der Waals surface area contributed by atoms with E-state index in [0.29, 0.717) is 23.2 Å². The number of nitrogens with one attached hydrogen (secondary N) is 1. The summed E-state index contributed by atoms with van der Waals surface area (Å²) in [5, 5.41) is 11.7. The summed E-state index contributed by atoms with van der Waals surface area (Å²) in [6.45, 7) is 5.38. The van der Waals surface area contributed by atoms with Gasteiger partial charge in [-0.1, -0.05) is 29.8 Å². The second-order valence-corrected chi connectivity index (χ2v) is 5.37. The minimum Gasteiger partial charge on any atom is -0.478 e. The first-order chi connectivity index (χ1) is 9.47. The molecule has 5 nitrogen and oxygen atoms in total. The van der Waals surface area contributed by atoms with Crippen molar-refractivity contribution in [2.75, 3.05) is 18.4 Å². The summed E-state index contributed by atoms with van der Waals surface area (Å²) in [4.78, 5) is 24.8. The van der Waals surface area contributed by atoms with Crippen LogP contribution < -0.4 is 5.32 Å². The summed E-state index contributed by atoms with van der Waals surface area (Å²) in [7, 11) is 0. The maximum Gasteiger partial charge on any atom is 0.335 e. The van der Waals surface area contributed by atoms with Crippen LogP contribution in [-0.2, 0) is 0 Å². The van der Waals surface area contributed by atoms with Gasteiger partial charge in [0.05, 0.1) is 5.56 Å². The Balaban J connectivity index is 2.85. The van der Waals surface area contributed by atoms with Crippen molar-refractivity contribution in [3.05, 3.63) is 28.2 Å². The van der Waals surface area contributed by atoms with Crippen LogP contribution in [0.25, 0.3) is 0 Å². The number of carbonyl (C=O) groups is 2. The van der Waals surface area contributed by atoms with E-state index >= 15 is 0 Å². The number of carbonyl (C=O) groups excluding carboxylic acids is 1. The van der Waals surface area contributed by atoms with Crippen LogP contribution in [0.2, 0.25) is 0 Å². The first kappa shape index (κ1) is 16.5. The third-order valence-corrected chi connectivity index (χ3v) is 3.13. The maximum atomic E-state index is 12.1. The third kappa shape index (κ3) is 4.85. The highest BCUT2D eigenvalue weighted by Gasteiger charge is 2.13. The largest absolute Gasteiger partial charge is 0.478 e. The molecule has 1 rings (SSSR count). The molecule has 0 bridgehead atoms. The minimum absolute atomic E-state index is 0.132. The van der Waals surface area contributed by atoms with Gasteiger partial charge in [-0.25, -0.2) is 9.59 Å². The smallest absolute Gasteiger partial charge is 0.335 e. The van der Waals surface area contributed by atoms with Gasteiger partial charge < -0.3 is 15.3 Å². The number of anilines is 1. The van der Waals surface area contributed by atoms with E-state index in [4.69, 9.17) is 5.11 Å². The first-order valence-corrected chi connectivity index (χ1v) is 7.37. The van der Waals surface area contributed by atoms with Gasteiger partial charge in [-0.05, 0) is 31.0 Å². The molecule has 1 aromatic rings. The molecule has 0 atom stereocenters. The van der Waals surface area contributed by atoms with Crippen LogP contribution in [0.5, 0.6) is 0 Å². The average molecular weight is 343 g/mol. The Morgan fingerprint density at radius 2 is 1.80 bits per heavy atom. The number of urea groups is 1. The zero-order valence-electron chi connectivity index (χ0n) is 11.6. The molecule has 0 aromatic heterocycles. The van der Waals surface area contributed by atoms with Gasteiger partial charge in [0, 0.05) is 23.2 Å². The predicted molar refractivity (Wildman–Crippen MR) is 82.3 cm³/mol. The average Bonchev–Trinajstić information content (AvgIpc) is 2.37. The fraction of sp³-hybridized carbons (Fsp3) is 0.429. The third-order valence-electron chi connectivity index (χ3n) is 2.67. The maximum absolute atomic E-state index is 12.1. The van der Waals surface area contributed by atoms with E-state index in [-0.39, 0.29) is 11.6 Å². The van der Waals surface area contributed by atoms with Gasteiger partial charge in [0.15, 0.2) is 0 Å². The number of hydrogen-bond donors (Lipinski definition) is 2. The molecule has 1 aromatic carbocycles. The lowest BCUT2D eigenvalue weighted by atomic mass is 10.2. The van der Waals surface area contributed by atoms with Crippen molar-refractivity contribution in [2.24, 2.45) is 0 Å². The van der Waals surface area contributed by atoms with Gasteiger partial charge in [-0.3, -0.25) is 0 Å². The molecule has 0 aliphatic carbocycles. The molecule has 0 aliphatic heterocycles. The Bertz CT molecular complexity index is 485. The van der Waals surface area contributed by atoms with E-state index < -0.39 is 5.97 Å². The van der Waals surface area contributed by atoms with E-state index in [9.17, 15) is 9.59 Å². The number of nitrogens with zero attached hydrogens (tertiary/aromatic N) is 1. The Kier molecular flexibility index (Phi) is 6.51. The fourth-order valence-electron chi connectivity index (χ4n) is 1.84. The van der Waals surface area contributed by atoms with Crippen LogP contribution in [0.3, 0.4) is 0 Å². The summed E-state index contributed by atoms with van der Waals surface area (Å²) >= 11 is 3.24. The molecule has 6 heteroatoms. The van der Waals surface area contributed by atoms with E-state index in [0.717, 1.165) is 12.8 Å². The Morgan fingerprint density at radius 3 is 2.30 bits per heavy atom. The van der Waals surface area contributed by atoms with Crippen LogP contribution >= 0.6 is 15.9 Å². The molecule has 0 radical (unpaired) electrons. The summed E-state index contributed by atoms with van der Waals surface area (Å²) in [6.07, 6.45) is 1.76. The van der Waals surface area contributed by atoms with Crippen molar-refractivity contribution < 1.29 is 14.7 Å². The molecule has 0 fully saturated rings. The van der Waals surface area contributed by atoms with Gasteiger partial charge >= 0.3 is 12.0 Å². The second-order valence-electron chi connectivity index (χ2n) is 4.45. The number of hydrogen-bond acceptors (Lipinski definition) is 2. The monoisotopic (exact) mass is 342 g/mol. The zero-order valence-corrected chi connectivity index (χ0v) is 13.2. The Labute approximate surface area is 127 Å². The van der Waals surface area contributed by atoms with Crippen LogP contribution in [0.1, 0.15) is 37.0 Å². The molecule has 0 spiro atoms. The normalized spacial score (nSPS) is 10.2. The van der Waals surface area contributed by atoms with Crippen molar-refractivity contribution in [3.63, 3.8) is 0 Å². The summed E-state index contributed by atoms with van der Waals surface area (Å²) in [5.41, 5.74) is 0.603. The van der Waals surface area contributed by atoms with Crippen molar-refractivity contribution in [1.82, 2.24) is 4.90 Å². The van der Waals surface area contributed by atoms with Crippen LogP contribution in [0, 0.1) is 0 Å². The van der Waals surface area contributed by atoms with Crippen molar-refractivity contribution in [2.45, 2.75) is 26.7 Å². The number of benzene rings is 1. The lowest BCUT2D eigenvalue weighted by Gasteiger charge is -2.22. The zero-order chi connectivity index (χ0) is 15.1. The Morgan fingerprint density at radius 1 is 1.20 bits per heavy atom. The first-order valence-electron chi connectivity index (χ1n) is 6.57. The predicted octanol–water partition coefficient (Wildman–Crippen LogP) is 3.80. The van der Waals surface area contributed by atoms with Gasteiger partial charge in [-0.2, -0.15) is 0 Å². The molecule has 2 N–H and O–H groups in total. The van der Waals surface area contributed by atoms with Gasteiger partial charge in [-0.15, -0.1) is 0 Å². The van der Waals surface area contributed by atoms with Gasteiger partial charge in [0.1, 0.15) is 0 Å². The standard InChI is InChI=1S/C14H19BrN2O3/c1-3-5-17(6-4-2)14(20)16-12-8-10(13(18)19)7-11(15)9-12/h7-9H,3-6H2,1-2H3,(H,16,20)(H,18,19). The fourth-order valence-corrected chi connectivity index (χ4v) is 2.34. The molecule has 0 unspecified atom stereocenters. The SMILES string of the molecule is CCCN(CCC)C(=O)Nc1cc(Br)cc(C(=O)O)c1. The van der Waals surface area contributed by atoms with E-state index in [2.05, 4.69) is 21.2 Å². The molecule has 110 valence electrons. The highest BCUT2D eigenvalue weighted by Crippen LogP contribution is 2.20. The van der Waals surface area contributed by atoms with Gasteiger partial charge in [0.25, 0.3) is 0 Å². The number of halogens is 1. The lowest BCUT2D eigenvalue weighted by Crippen LogP contribution is -2.36. The minimum atomic E-state index is -1.03. The number of rotatable bonds is 6. The topological polar surface area (TPSA) is 69.6 Å². The van der Waals surface area contributed by atoms with E-state index in [1.165, 1.54) is 12.1 Å². The molecule has 20 heavy (non-hydrogen) atoms. The number of carboxylic acid groups (broad SMARTS) is 1. The van der Waals surface area contributed by atoms with Crippen molar-refractivity contribution >= 4 is 33.6 Å². The Hall–Kier alpha value is -1.56. The van der Waals surface area contributed by atoms with Crippen LogP contribution in [0.4, 0.5) is 10.5 Å². The van der Waals surface area contributed by atoms with Crippen molar-refractivity contribution in [3.8, 4) is 0 Å². The van der Waals surface area contributed by atoms with Crippen LogP contribution in [0.15, 0.2) is 22.7 Å². The molecule has 0 saturated carbocycles. The molecule has 2 amide bonds. The van der Waals surface area contributed by atoms with Crippen LogP contribution in [-0.4, -0.2) is 35.1 Å². The number of amides is 2.